The lowest BCUT2D eigenvalue weighted by Crippen LogP contribution is -2.51. The molecule has 7 nitrogen and oxygen atoms in total. The summed E-state index contributed by atoms with van der Waals surface area (Å²) in [5.41, 5.74) is 1.27. The summed E-state index contributed by atoms with van der Waals surface area (Å²) in [6, 6.07) is 21.8. The first-order valence-electron chi connectivity index (χ1n) is 12.4. The zero-order valence-corrected chi connectivity index (χ0v) is 21.8. The number of aromatic nitrogens is 2. The number of carbonyl (C=O) groups excluding carboxylic acids is 2. The zero-order valence-electron chi connectivity index (χ0n) is 20.2. The van der Waals surface area contributed by atoms with Crippen molar-refractivity contribution in [2.75, 3.05) is 4.90 Å². The molecule has 0 bridgehead atoms. The number of nitrogens with zero attached hydrogens (tertiary/aromatic N) is 3. The molecule has 4 heterocycles. The molecule has 2 amide bonds. The van der Waals surface area contributed by atoms with Crippen LogP contribution in [0.2, 0.25) is 0 Å². The average molecular weight is 555 g/mol. The zero-order chi connectivity index (χ0) is 25.6. The van der Waals surface area contributed by atoms with E-state index in [9.17, 15) is 14.4 Å². The van der Waals surface area contributed by atoms with Crippen LogP contribution in [-0.2, 0) is 15.1 Å². The molecule has 1 aromatic heterocycles. The molecule has 2 saturated heterocycles. The van der Waals surface area contributed by atoms with Crippen molar-refractivity contribution < 1.29 is 9.59 Å². The first-order valence-corrected chi connectivity index (χ1v) is 13.2. The number of hydrogen-bond acceptors (Lipinski definition) is 5. The summed E-state index contributed by atoms with van der Waals surface area (Å²) in [6.07, 6.45) is 0. The molecule has 4 unspecified atom stereocenters. The predicted octanol–water partition coefficient (Wildman–Crippen LogP) is 4.14. The van der Waals surface area contributed by atoms with Crippen molar-refractivity contribution >= 4 is 44.3 Å². The SMILES string of the molecule is CC(C)C1NC2(c3ccccc3-n3c2nc2ccccc2c3=O)C2C(=O)N(c3ccccc3Br)C(=O)C12. The van der Waals surface area contributed by atoms with Gasteiger partial charge in [-0.3, -0.25) is 24.3 Å². The molecule has 8 heteroatoms. The minimum absolute atomic E-state index is 0.0520. The summed E-state index contributed by atoms with van der Waals surface area (Å²) >= 11 is 3.53. The Morgan fingerprint density at radius 1 is 0.892 bits per heavy atom. The standard InChI is InChI=1S/C29H23BrN4O3/c1-15(2)24-22-23(27(37)33(26(22)36)21-14-8-5-11-18(21)30)29(32-24)17-10-4-7-13-20(17)34-25(35)16-9-3-6-12-19(16)31-28(29)34/h3-15,22-24,32H,1-2H3. The third-order valence-corrected chi connectivity index (χ3v) is 8.78. The molecule has 1 spiro atoms. The number of fused-ring (bicyclic) bond motifs is 8. The largest absolute Gasteiger partial charge is 0.296 e. The first kappa shape index (κ1) is 22.6. The summed E-state index contributed by atoms with van der Waals surface area (Å²) < 4.78 is 2.30. The van der Waals surface area contributed by atoms with Gasteiger partial charge in [0.1, 0.15) is 11.4 Å². The van der Waals surface area contributed by atoms with E-state index in [4.69, 9.17) is 4.98 Å². The molecule has 2 fully saturated rings. The van der Waals surface area contributed by atoms with Gasteiger partial charge in [0, 0.05) is 16.1 Å². The summed E-state index contributed by atoms with van der Waals surface area (Å²) in [5, 5.41) is 4.23. The molecule has 0 radical (unpaired) electrons. The lowest BCUT2D eigenvalue weighted by atomic mass is 9.75. The van der Waals surface area contributed by atoms with E-state index in [1.165, 1.54) is 4.90 Å². The fourth-order valence-electron chi connectivity index (χ4n) is 6.59. The van der Waals surface area contributed by atoms with Gasteiger partial charge in [-0.2, -0.15) is 0 Å². The molecule has 7 rings (SSSR count). The van der Waals surface area contributed by atoms with E-state index in [1.807, 2.05) is 74.5 Å². The highest BCUT2D eigenvalue weighted by molar-refractivity contribution is 9.10. The van der Waals surface area contributed by atoms with Gasteiger partial charge in [-0.05, 0) is 52.2 Å². The van der Waals surface area contributed by atoms with Crippen LogP contribution in [0.15, 0.2) is 82.1 Å². The van der Waals surface area contributed by atoms with Crippen LogP contribution in [0.3, 0.4) is 0 Å². The minimum atomic E-state index is -1.12. The van der Waals surface area contributed by atoms with Crippen LogP contribution < -0.4 is 15.8 Å². The van der Waals surface area contributed by atoms with Gasteiger partial charge >= 0.3 is 0 Å². The van der Waals surface area contributed by atoms with Gasteiger partial charge < -0.3 is 0 Å². The maximum absolute atomic E-state index is 14.4. The Hall–Kier alpha value is -3.62. The lowest BCUT2D eigenvalue weighted by molar-refractivity contribution is -0.123. The summed E-state index contributed by atoms with van der Waals surface area (Å²) in [7, 11) is 0. The molecular formula is C29H23BrN4O3. The number of anilines is 1. The van der Waals surface area contributed by atoms with E-state index < -0.39 is 17.4 Å². The van der Waals surface area contributed by atoms with E-state index in [-0.39, 0.29) is 29.3 Å². The normalized spacial score (nSPS) is 25.8. The summed E-state index contributed by atoms with van der Waals surface area (Å²) in [4.78, 5) is 48.6. The third-order valence-electron chi connectivity index (χ3n) is 8.11. The number of imide groups is 1. The number of para-hydroxylation sites is 3. The van der Waals surface area contributed by atoms with Crippen molar-refractivity contribution in [2.24, 2.45) is 17.8 Å². The number of halogens is 1. The molecule has 0 saturated carbocycles. The third kappa shape index (κ3) is 2.74. The predicted molar refractivity (Wildman–Crippen MR) is 143 cm³/mol. The molecule has 0 aliphatic carbocycles. The number of rotatable bonds is 2. The Bertz CT molecular complexity index is 1710. The number of amides is 2. The van der Waals surface area contributed by atoms with Gasteiger partial charge in [-0.25, -0.2) is 9.88 Å². The maximum Gasteiger partial charge on any atom is 0.266 e. The van der Waals surface area contributed by atoms with E-state index in [1.54, 1.807) is 16.7 Å². The van der Waals surface area contributed by atoms with Crippen LogP contribution >= 0.6 is 15.9 Å². The summed E-state index contributed by atoms with van der Waals surface area (Å²) in [5.74, 6) is -1.38. The molecule has 184 valence electrons. The monoisotopic (exact) mass is 554 g/mol. The average Bonchev–Trinajstić information content (AvgIpc) is 3.49. The lowest BCUT2D eigenvalue weighted by Gasteiger charge is -2.32. The Morgan fingerprint density at radius 2 is 1.57 bits per heavy atom. The van der Waals surface area contributed by atoms with Crippen LogP contribution in [0.4, 0.5) is 5.69 Å². The van der Waals surface area contributed by atoms with E-state index in [0.29, 0.717) is 32.6 Å². The Balaban J connectivity index is 1.55. The van der Waals surface area contributed by atoms with Crippen LogP contribution in [0.1, 0.15) is 25.2 Å². The Labute approximate surface area is 221 Å². The van der Waals surface area contributed by atoms with Gasteiger partial charge in [0.15, 0.2) is 0 Å². The molecule has 1 N–H and O–H groups in total. The van der Waals surface area contributed by atoms with E-state index in [2.05, 4.69) is 21.2 Å². The molecule has 3 aliphatic rings. The van der Waals surface area contributed by atoms with Gasteiger partial charge in [0.05, 0.1) is 34.1 Å². The van der Waals surface area contributed by atoms with Crippen LogP contribution in [-0.4, -0.2) is 27.4 Å². The molecular weight excluding hydrogens is 532 g/mol. The van der Waals surface area contributed by atoms with Crippen molar-refractivity contribution in [3.05, 3.63) is 99.0 Å². The number of nitrogens with one attached hydrogen (secondary N) is 1. The van der Waals surface area contributed by atoms with E-state index in [0.717, 1.165) is 5.56 Å². The number of carbonyl (C=O) groups is 2. The van der Waals surface area contributed by atoms with Crippen LogP contribution in [0, 0.1) is 17.8 Å². The van der Waals surface area contributed by atoms with Gasteiger partial charge in [-0.1, -0.05) is 56.3 Å². The second-order valence-electron chi connectivity index (χ2n) is 10.3. The van der Waals surface area contributed by atoms with Gasteiger partial charge in [0.25, 0.3) is 5.56 Å². The van der Waals surface area contributed by atoms with Crippen molar-refractivity contribution in [3.63, 3.8) is 0 Å². The highest BCUT2D eigenvalue weighted by Gasteiger charge is 2.70. The molecule has 3 aliphatic heterocycles. The molecule has 4 aromatic rings. The van der Waals surface area contributed by atoms with Crippen molar-refractivity contribution in [3.8, 4) is 5.69 Å². The number of benzene rings is 3. The van der Waals surface area contributed by atoms with Crippen molar-refractivity contribution in [2.45, 2.75) is 25.4 Å². The maximum atomic E-state index is 14.4. The minimum Gasteiger partial charge on any atom is -0.296 e. The Morgan fingerprint density at radius 3 is 2.32 bits per heavy atom. The molecule has 4 atom stereocenters. The van der Waals surface area contributed by atoms with Gasteiger partial charge in [0.2, 0.25) is 11.8 Å². The highest BCUT2D eigenvalue weighted by Crippen LogP contribution is 2.56. The molecule has 37 heavy (non-hydrogen) atoms. The van der Waals surface area contributed by atoms with Gasteiger partial charge in [-0.15, -0.1) is 0 Å². The summed E-state index contributed by atoms with van der Waals surface area (Å²) in [6.45, 7) is 4.10. The first-order chi connectivity index (χ1) is 17.9. The highest BCUT2D eigenvalue weighted by atomic mass is 79.9. The topological polar surface area (TPSA) is 84.3 Å². The molecule has 3 aromatic carbocycles. The second-order valence-corrected chi connectivity index (χ2v) is 11.2. The van der Waals surface area contributed by atoms with Crippen LogP contribution in [0.25, 0.3) is 16.6 Å². The van der Waals surface area contributed by atoms with Crippen LogP contribution in [0.5, 0.6) is 0 Å². The smallest absolute Gasteiger partial charge is 0.266 e. The van der Waals surface area contributed by atoms with Crippen molar-refractivity contribution in [1.82, 2.24) is 14.9 Å². The number of hydrogen-bond donors (Lipinski definition) is 1. The second kappa shape index (κ2) is 7.69. The fourth-order valence-corrected chi connectivity index (χ4v) is 7.06. The Kier molecular flexibility index (Phi) is 4.69. The van der Waals surface area contributed by atoms with Crippen molar-refractivity contribution in [1.29, 1.82) is 0 Å². The fraction of sp³-hybridized carbons (Fsp3) is 0.241. The quantitative estimate of drug-likeness (QED) is 0.376. The van der Waals surface area contributed by atoms with E-state index >= 15 is 0 Å².